The number of ether oxygens (including phenoxy) is 3. The molecule has 0 unspecified atom stereocenters. The van der Waals surface area contributed by atoms with E-state index in [1.807, 2.05) is 48.5 Å². The number of rotatable bonds is 25. The van der Waals surface area contributed by atoms with E-state index < -0.39 is 5.97 Å². The Labute approximate surface area is 289 Å². The lowest BCUT2D eigenvalue weighted by atomic mass is 10.1. The van der Waals surface area contributed by atoms with E-state index in [0.29, 0.717) is 11.3 Å². The van der Waals surface area contributed by atoms with Gasteiger partial charge in [0, 0.05) is 11.6 Å². The standard InChI is InChI=1S/C43H56O5/c1-3-5-7-9-10-11-12-13-15-17-34-47-40-29-23-37(24-30-40)26-32-43(45)48-41-20-18-19-38(35-41)42(44)31-25-36-21-27-39(28-22-36)46-33-16-14-8-6-4-2/h18-32,35H,3-17,33-34H2,1-2H3/b31-25+,32-26+. The number of hydrogen-bond acceptors (Lipinski definition) is 5. The second-order valence-electron chi connectivity index (χ2n) is 12.4. The lowest BCUT2D eigenvalue weighted by molar-refractivity contribution is -0.128. The Bertz CT molecular complexity index is 1370. The fourth-order valence-electron chi connectivity index (χ4n) is 5.32. The van der Waals surface area contributed by atoms with Gasteiger partial charge in [-0.3, -0.25) is 4.79 Å². The van der Waals surface area contributed by atoms with Gasteiger partial charge in [-0.05, 0) is 72.5 Å². The van der Waals surface area contributed by atoms with Crippen LogP contribution in [0.4, 0.5) is 0 Å². The second-order valence-corrected chi connectivity index (χ2v) is 12.4. The molecule has 0 aliphatic heterocycles. The first-order valence-corrected chi connectivity index (χ1v) is 18.3. The van der Waals surface area contributed by atoms with Crippen LogP contribution in [0.5, 0.6) is 17.2 Å². The number of benzene rings is 3. The van der Waals surface area contributed by atoms with E-state index in [-0.39, 0.29) is 5.78 Å². The van der Waals surface area contributed by atoms with Crippen LogP contribution in [0.3, 0.4) is 0 Å². The molecule has 3 aromatic rings. The molecule has 0 saturated heterocycles. The van der Waals surface area contributed by atoms with Gasteiger partial charge in [-0.2, -0.15) is 0 Å². The first-order valence-electron chi connectivity index (χ1n) is 18.3. The van der Waals surface area contributed by atoms with Gasteiger partial charge in [-0.15, -0.1) is 0 Å². The van der Waals surface area contributed by atoms with Crippen molar-refractivity contribution in [3.8, 4) is 17.2 Å². The smallest absolute Gasteiger partial charge is 0.336 e. The molecule has 5 nitrogen and oxygen atoms in total. The molecule has 0 aromatic heterocycles. The summed E-state index contributed by atoms with van der Waals surface area (Å²) in [6.45, 7) is 5.91. The van der Waals surface area contributed by atoms with Crippen LogP contribution in [0.2, 0.25) is 0 Å². The number of allylic oxidation sites excluding steroid dienone is 1. The van der Waals surface area contributed by atoms with Crippen molar-refractivity contribution < 1.29 is 23.8 Å². The Morgan fingerprint density at radius 3 is 1.48 bits per heavy atom. The fourth-order valence-corrected chi connectivity index (χ4v) is 5.32. The molecular weight excluding hydrogens is 596 g/mol. The van der Waals surface area contributed by atoms with E-state index in [1.165, 1.54) is 95.6 Å². The van der Waals surface area contributed by atoms with Crippen LogP contribution in [-0.4, -0.2) is 25.0 Å². The zero-order chi connectivity index (χ0) is 34.1. The summed E-state index contributed by atoms with van der Waals surface area (Å²) in [6.07, 6.45) is 25.4. The van der Waals surface area contributed by atoms with Crippen LogP contribution in [0.15, 0.2) is 84.9 Å². The minimum Gasteiger partial charge on any atom is -0.494 e. The van der Waals surface area contributed by atoms with Gasteiger partial charge in [0.2, 0.25) is 0 Å². The topological polar surface area (TPSA) is 61.8 Å². The fraction of sp³-hybridized carbons (Fsp3) is 0.442. The van der Waals surface area contributed by atoms with E-state index >= 15 is 0 Å². The van der Waals surface area contributed by atoms with Gasteiger partial charge in [-0.25, -0.2) is 4.79 Å². The number of esters is 1. The number of unbranched alkanes of at least 4 members (excludes halogenated alkanes) is 13. The lowest BCUT2D eigenvalue weighted by Crippen LogP contribution is -2.04. The van der Waals surface area contributed by atoms with Crippen molar-refractivity contribution in [3.63, 3.8) is 0 Å². The highest BCUT2D eigenvalue weighted by atomic mass is 16.5. The maximum absolute atomic E-state index is 12.8. The van der Waals surface area contributed by atoms with Crippen molar-refractivity contribution in [2.45, 2.75) is 110 Å². The summed E-state index contributed by atoms with van der Waals surface area (Å²) in [5.41, 5.74) is 2.21. The van der Waals surface area contributed by atoms with Crippen molar-refractivity contribution >= 4 is 23.9 Å². The summed E-state index contributed by atoms with van der Waals surface area (Å²) < 4.78 is 17.2. The molecule has 0 aliphatic rings. The molecule has 48 heavy (non-hydrogen) atoms. The summed E-state index contributed by atoms with van der Waals surface area (Å²) in [6, 6.07) is 22.0. The molecule has 0 radical (unpaired) electrons. The number of carbonyl (C=O) groups is 2. The van der Waals surface area contributed by atoms with E-state index in [2.05, 4.69) is 13.8 Å². The van der Waals surface area contributed by atoms with Gasteiger partial charge in [0.1, 0.15) is 17.2 Å². The highest BCUT2D eigenvalue weighted by Gasteiger charge is 2.07. The molecule has 3 rings (SSSR count). The summed E-state index contributed by atoms with van der Waals surface area (Å²) in [7, 11) is 0. The predicted molar refractivity (Wildman–Crippen MR) is 199 cm³/mol. The Hall–Kier alpha value is -4.12. The second kappa shape index (κ2) is 24.1. The molecule has 0 amide bonds. The molecule has 0 fully saturated rings. The normalized spacial score (nSPS) is 11.3. The van der Waals surface area contributed by atoms with Crippen molar-refractivity contribution in [1.29, 1.82) is 0 Å². The van der Waals surface area contributed by atoms with E-state index in [4.69, 9.17) is 14.2 Å². The Balaban J connectivity index is 1.35. The average molecular weight is 653 g/mol. The van der Waals surface area contributed by atoms with Crippen molar-refractivity contribution in [2.75, 3.05) is 13.2 Å². The highest BCUT2D eigenvalue weighted by molar-refractivity contribution is 6.07. The van der Waals surface area contributed by atoms with Crippen molar-refractivity contribution in [2.24, 2.45) is 0 Å². The number of hydrogen-bond donors (Lipinski definition) is 0. The zero-order valence-electron chi connectivity index (χ0n) is 29.3. The van der Waals surface area contributed by atoms with Gasteiger partial charge in [0.25, 0.3) is 0 Å². The third kappa shape index (κ3) is 16.6. The van der Waals surface area contributed by atoms with Crippen molar-refractivity contribution in [3.05, 3.63) is 102 Å². The monoisotopic (exact) mass is 652 g/mol. The SMILES string of the molecule is CCCCCCCCCCCCOc1ccc(/C=C/C(=O)Oc2cccc(C(=O)/C=C/c3ccc(OCCCCCCC)cc3)c2)cc1. The Morgan fingerprint density at radius 2 is 0.979 bits per heavy atom. The maximum Gasteiger partial charge on any atom is 0.336 e. The highest BCUT2D eigenvalue weighted by Crippen LogP contribution is 2.19. The summed E-state index contributed by atoms with van der Waals surface area (Å²) in [5.74, 6) is 1.29. The van der Waals surface area contributed by atoms with Crippen LogP contribution < -0.4 is 14.2 Å². The Kier molecular flexibility index (Phi) is 19.2. The van der Waals surface area contributed by atoms with Gasteiger partial charge < -0.3 is 14.2 Å². The summed E-state index contributed by atoms with van der Waals surface area (Å²) in [4.78, 5) is 25.3. The molecule has 258 valence electrons. The third-order valence-corrected chi connectivity index (χ3v) is 8.22. The van der Waals surface area contributed by atoms with E-state index in [1.54, 1.807) is 36.4 Å². The molecule has 0 bridgehead atoms. The van der Waals surface area contributed by atoms with Gasteiger partial charge in [0.15, 0.2) is 5.78 Å². The molecule has 0 atom stereocenters. The lowest BCUT2D eigenvalue weighted by Gasteiger charge is -2.07. The summed E-state index contributed by atoms with van der Waals surface area (Å²) >= 11 is 0. The first kappa shape index (κ1) is 38.3. The molecular formula is C43H56O5. The van der Waals surface area contributed by atoms with Crippen LogP contribution >= 0.6 is 0 Å². The maximum atomic E-state index is 12.8. The average Bonchev–Trinajstić information content (AvgIpc) is 3.11. The molecule has 0 saturated carbocycles. The largest absolute Gasteiger partial charge is 0.494 e. The van der Waals surface area contributed by atoms with Crippen LogP contribution in [0.1, 0.15) is 132 Å². The first-order chi connectivity index (χ1) is 23.6. The number of carbonyl (C=O) groups excluding carboxylic acids is 2. The van der Waals surface area contributed by atoms with E-state index in [9.17, 15) is 9.59 Å². The van der Waals surface area contributed by atoms with Crippen LogP contribution in [-0.2, 0) is 4.79 Å². The number of ketones is 1. The molecule has 0 N–H and O–H groups in total. The summed E-state index contributed by atoms with van der Waals surface area (Å²) in [5, 5.41) is 0. The third-order valence-electron chi connectivity index (χ3n) is 8.22. The molecule has 3 aromatic carbocycles. The van der Waals surface area contributed by atoms with Crippen LogP contribution in [0.25, 0.3) is 12.2 Å². The predicted octanol–water partition coefficient (Wildman–Crippen LogP) is 11.9. The van der Waals surface area contributed by atoms with E-state index in [0.717, 1.165) is 48.7 Å². The van der Waals surface area contributed by atoms with Crippen molar-refractivity contribution in [1.82, 2.24) is 0 Å². The minimum atomic E-state index is -0.514. The van der Waals surface area contributed by atoms with Crippen LogP contribution in [0, 0.1) is 0 Å². The molecule has 0 spiro atoms. The minimum absolute atomic E-state index is 0.175. The molecule has 0 aliphatic carbocycles. The van der Waals surface area contributed by atoms with Gasteiger partial charge in [-0.1, -0.05) is 140 Å². The molecule has 0 heterocycles. The van der Waals surface area contributed by atoms with Gasteiger partial charge in [0.05, 0.1) is 13.2 Å². The van der Waals surface area contributed by atoms with Gasteiger partial charge >= 0.3 is 5.97 Å². The molecule has 5 heteroatoms. The quantitative estimate of drug-likeness (QED) is 0.0300. The zero-order valence-corrected chi connectivity index (χ0v) is 29.3. The Morgan fingerprint density at radius 1 is 0.521 bits per heavy atom.